The highest BCUT2D eigenvalue weighted by Gasteiger charge is 1.85. The third kappa shape index (κ3) is 12.0. The van der Waals surface area contributed by atoms with E-state index in [-0.39, 0.29) is 0 Å². The van der Waals surface area contributed by atoms with Crippen LogP contribution in [0.25, 0.3) is 0 Å². The molecule has 0 aromatic carbocycles. The Morgan fingerprint density at radius 1 is 1.08 bits per heavy atom. The van der Waals surface area contributed by atoms with Crippen molar-refractivity contribution in [3.63, 3.8) is 0 Å². The van der Waals surface area contributed by atoms with E-state index in [1.54, 1.807) is 0 Å². The molecule has 13 heavy (non-hydrogen) atoms. The van der Waals surface area contributed by atoms with Gasteiger partial charge in [0, 0.05) is 12.5 Å². The minimum absolute atomic E-state index is 0.414. The SMILES string of the molecule is CCCOCOCCC=CCCCl. The first kappa shape index (κ1) is 12.9. The van der Waals surface area contributed by atoms with Crippen molar-refractivity contribution >= 4 is 11.6 Å². The zero-order chi connectivity index (χ0) is 9.78. The summed E-state index contributed by atoms with van der Waals surface area (Å²) in [5, 5.41) is 0. The summed E-state index contributed by atoms with van der Waals surface area (Å²) in [5.41, 5.74) is 0. The van der Waals surface area contributed by atoms with Crippen molar-refractivity contribution in [1.82, 2.24) is 0 Å². The summed E-state index contributed by atoms with van der Waals surface area (Å²) in [6.45, 7) is 4.00. The molecule has 0 aliphatic rings. The van der Waals surface area contributed by atoms with Crippen molar-refractivity contribution in [2.75, 3.05) is 25.9 Å². The molecule has 0 N–H and O–H groups in total. The van der Waals surface area contributed by atoms with Crippen molar-refractivity contribution in [2.24, 2.45) is 0 Å². The molecule has 0 heterocycles. The fourth-order valence-electron chi connectivity index (χ4n) is 0.771. The molecular weight excluding hydrogens is 188 g/mol. The van der Waals surface area contributed by atoms with Gasteiger partial charge in [-0.1, -0.05) is 19.1 Å². The number of hydrogen-bond donors (Lipinski definition) is 0. The largest absolute Gasteiger partial charge is 0.355 e. The van der Waals surface area contributed by atoms with E-state index >= 15 is 0 Å². The maximum absolute atomic E-state index is 5.50. The Hall–Kier alpha value is -0.0500. The Balaban J connectivity index is 2.91. The van der Waals surface area contributed by atoms with Crippen LogP contribution in [0.3, 0.4) is 0 Å². The van der Waals surface area contributed by atoms with Crippen LogP contribution in [0.1, 0.15) is 26.2 Å². The molecule has 0 aromatic rings. The normalized spacial score (nSPS) is 11.2. The topological polar surface area (TPSA) is 18.5 Å². The van der Waals surface area contributed by atoms with Gasteiger partial charge in [-0.15, -0.1) is 11.6 Å². The summed E-state index contributed by atoms with van der Waals surface area (Å²) in [4.78, 5) is 0. The monoisotopic (exact) mass is 206 g/mol. The van der Waals surface area contributed by atoms with Crippen LogP contribution < -0.4 is 0 Å². The standard InChI is InChI=1S/C10H19ClO2/c1-2-8-12-10-13-9-6-4-3-5-7-11/h3-4H,2,5-10H2,1H3. The first-order valence-electron chi connectivity index (χ1n) is 4.78. The fraction of sp³-hybridized carbons (Fsp3) is 0.800. The van der Waals surface area contributed by atoms with Crippen LogP contribution in [0, 0.1) is 0 Å². The van der Waals surface area contributed by atoms with Crippen LogP contribution in [0.2, 0.25) is 0 Å². The van der Waals surface area contributed by atoms with E-state index in [0.29, 0.717) is 12.7 Å². The van der Waals surface area contributed by atoms with E-state index in [1.165, 1.54) is 0 Å². The predicted octanol–water partition coefficient (Wildman–Crippen LogP) is 2.96. The van der Waals surface area contributed by atoms with Gasteiger partial charge in [-0.2, -0.15) is 0 Å². The third-order valence-corrected chi connectivity index (χ3v) is 1.60. The maximum Gasteiger partial charge on any atom is 0.146 e. The third-order valence-electron chi connectivity index (χ3n) is 1.39. The number of rotatable bonds is 9. The van der Waals surface area contributed by atoms with Gasteiger partial charge in [-0.3, -0.25) is 0 Å². The molecule has 0 radical (unpaired) electrons. The number of halogens is 1. The molecule has 0 unspecified atom stereocenters. The molecule has 0 amide bonds. The van der Waals surface area contributed by atoms with E-state index in [1.807, 2.05) is 0 Å². The van der Waals surface area contributed by atoms with Gasteiger partial charge in [0.2, 0.25) is 0 Å². The molecule has 0 saturated heterocycles. The minimum atomic E-state index is 0.414. The first-order chi connectivity index (χ1) is 6.41. The van der Waals surface area contributed by atoms with Gasteiger partial charge in [0.15, 0.2) is 0 Å². The molecule has 0 atom stereocenters. The van der Waals surface area contributed by atoms with Crippen molar-refractivity contribution in [1.29, 1.82) is 0 Å². The minimum Gasteiger partial charge on any atom is -0.355 e. The summed E-state index contributed by atoms with van der Waals surface area (Å²) in [6, 6.07) is 0. The predicted molar refractivity (Wildman–Crippen MR) is 56.2 cm³/mol. The molecule has 3 heteroatoms. The second-order valence-corrected chi connectivity index (χ2v) is 3.05. The van der Waals surface area contributed by atoms with Crippen LogP contribution in [0.15, 0.2) is 12.2 Å². The van der Waals surface area contributed by atoms with Crippen LogP contribution in [-0.4, -0.2) is 25.9 Å². The fourth-order valence-corrected chi connectivity index (χ4v) is 0.897. The van der Waals surface area contributed by atoms with Gasteiger partial charge < -0.3 is 9.47 Å². The molecule has 0 aliphatic carbocycles. The molecule has 0 spiro atoms. The Labute approximate surface area is 85.9 Å². The summed E-state index contributed by atoms with van der Waals surface area (Å²) in [7, 11) is 0. The number of ether oxygens (including phenoxy) is 2. The van der Waals surface area contributed by atoms with Gasteiger partial charge in [0.1, 0.15) is 6.79 Å². The smallest absolute Gasteiger partial charge is 0.146 e. The maximum atomic E-state index is 5.50. The highest BCUT2D eigenvalue weighted by molar-refractivity contribution is 6.17. The second kappa shape index (κ2) is 11.9. The Morgan fingerprint density at radius 3 is 2.46 bits per heavy atom. The van der Waals surface area contributed by atoms with Gasteiger partial charge in [-0.25, -0.2) is 0 Å². The van der Waals surface area contributed by atoms with E-state index in [2.05, 4.69) is 19.1 Å². The average Bonchev–Trinajstić information content (AvgIpc) is 2.16. The van der Waals surface area contributed by atoms with Crippen molar-refractivity contribution in [2.45, 2.75) is 26.2 Å². The lowest BCUT2D eigenvalue weighted by molar-refractivity contribution is -0.0519. The van der Waals surface area contributed by atoms with Gasteiger partial charge in [0.05, 0.1) is 6.61 Å². The highest BCUT2D eigenvalue weighted by atomic mass is 35.5. The average molecular weight is 207 g/mol. The van der Waals surface area contributed by atoms with E-state index in [0.717, 1.165) is 32.5 Å². The van der Waals surface area contributed by atoms with Gasteiger partial charge >= 0.3 is 0 Å². The summed E-state index contributed by atoms with van der Waals surface area (Å²) in [6.07, 6.45) is 7.07. The van der Waals surface area contributed by atoms with Crippen molar-refractivity contribution in [3.8, 4) is 0 Å². The summed E-state index contributed by atoms with van der Waals surface area (Å²) >= 11 is 5.50. The summed E-state index contributed by atoms with van der Waals surface area (Å²) < 4.78 is 10.4. The lowest BCUT2D eigenvalue weighted by Gasteiger charge is -2.02. The molecule has 2 nitrogen and oxygen atoms in total. The lowest BCUT2D eigenvalue weighted by Crippen LogP contribution is -2.01. The van der Waals surface area contributed by atoms with E-state index in [4.69, 9.17) is 21.1 Å². The number of alkyl halides is 1. The Kier molecular flexibility index (Phi) is 11.9. The Morgan fingerprint density at radius 2 is 1.77 bits per heavy atom. The van der Waals surface area contributed by atoms with Crippen molar-refractivity contribution < 1.29 is 9.47 Å². The van der Waals surface area contributed by atoms with Gasteiger partial charge in [-0.05, 0) is 19.3 Å². The number of allylic oxidation sites excluding steroid dienone is 1. The molecule has 0 saturated carbocycles. The van der Waals surface area contributed by atoms with Crippen molar-refractivity contribution in [3.05, 3.63) is 12.2 Å². The van der Waals surface area contributed by atoms with Crippen LogP contribution in [0.4, 0.5) is 0 Å². The number of hydrogen-bond acceptors (Lipinski definition) is 2. The second-order valence-electron chi connectivity index (χ2n) is 2.67. The van der Waals surface area contributed by atoms with E-state index < -0.39 is 0 Å². The molecular formula is C10H19ClO2. The Bertz CT molecular complexity index is 115. The molecule has 0 aromatic heterocycles. The molecule has 78 valence electrons. The molecule has 0 aliphatic heterocycles. The van der Waals surface area contributed by atoms with Crippen LogP contribution in [-0.2, 0) is 9.47 Å². The molecule has 0 fully saturated rings. The zero-order valence-corrected chi connectivity index (χ0v) is 9.05. The van der Waals surface area contributed by atoms with Crippen LogP contribution in [0.5, 0.6) is 0 Å². The van der Waals surface area contributed by atoms with E-state index in [9.17, 15) is 0 Å². The quantitative estimate of drug-likeness (QED) is 0.250. The van der Waals surface area contributed by atoms with Gasteiger partial charge in [0.25, 0.3) is 0 Å². The first-order valence-corrected chi connectivity index (χ1v) is 5.31. The highest BCUT2D eigenvalue weighted by Crippen LogP contribution is 1.91. The lowest BCUT2D eigenvalue weighted by atomic mass is 10.3. The van der Waals surface area contributed by atoms with Crippen LogP contribution >= 0.6 is 11.6 Å². The molecule has 0 bridgehead atoms. The molecule has 0 rings (SSSR count). The zero-order valence-electron chi connectivity index (χ0n) is 8.30. The summed E-state index contributed by atoms with van der Waals surface area (Å²) in [5.74, 6) is 0.691.